The van der Waals surface area contributed by atoms with Crippen molar-refractivity contribution >= 4 is 11.4 Å². The van der Waals surface area contributed by atoms with Gasteiger partial charge in [-0.1, -0.05) is 79.9 Å². The van der Waals surface area contributed by atoms with Crippen LogP contribution in [0.1, 0.15) is 43.0 Å². The topological polar surface area (TPSA) is 132 Å². The number of likely N-dealkylation sites (N-methyl/N-ethyl adjacent to an activating group) is 1. The molecule has 37 heavy (non-hydrogen) atoms. The molecular formula is C28H41N8Na. The molecule has 2 aromatic rings. The quantitative estimate of drug-likeness (QED) is 0.131. The SMILES string of the molecule is C=C(NCc1ccccc1)C1CCCN1C.C=CCC1=NN=C(C[N-]N)C1.NC(N)c1ccccc1.[Na+]. The van der Waals surface area contributed by atoms with Crippen LogP contribution in [0.5, 0.6) is 0 Å². The zero-order valence-electron chi connectivity index (χ0n) is 22.4. The van der Waals surface area contributed by atoms with E-state index in [0.29, 0.717) is 12.6 Å². The molecule has 0 bridgehead atoms. The van der Waals surface area contributed by atoms with Crippen LogP contribution in [0.2, 0.25) is 0 Å². The Labute approximate surface area is 244 Å². The van der Waals surface area contributed by atoms with Gasteiger partial charge in [-0.15, -0.1) is 6.58 Å². The third-order valence-electron chi connectivity index (χ3n) is 5.86. The normalized spacial score (nSPS) is 16.3. The van der Waals surface area contributed by atoms with Gasteiger partial charge in [-0.05, 0) is 37.6 Å². The number of hydrogen-bond donors (Lipinski definition) is 4. The first-order valence-corrected chi connectivity index (χ1v) is 12.3. The van der Waals surface area contributed by atoms with Crippen molar-refractivity contribution in [1.82, 2.24) is 10.2 Å². The summed E-state index contributed by atoms with van der Waals surface area (Å²) in [6.45, 7) is 10.3. The number of nitrogens with one attached hydrogen (secondary N) is 1. The number of rotatable bonds is 9. The molecule has 7 N–H and O–H groups in total. The van der Waals surface area contributed by atoms with Crippen LogP contribution in [-0.4, -0.2) is 42.5 Å². The summed E-state index contributed by atoms with van der Waals surface area (Å²) in [5, 5.41) is 11.3. The third-order valence-corrected chi connectivity index (χ3v) is 5.86. The van der Waals surface area contributed by atoms with E-state index in [2.05, 4.69) is 70.3 Å². The Hall–Kier alpha value is -2.14. The molecule has 1 saturated heterocycles. The van der Waals surface area contributed by atoms with Crippen molar-refractivity contribution in [1.29, 1.82) is 0 Å². The van der Waals surface area contributed by atoms with Crippen LogP contribution in [0.15, 0.2) is 95.8 Å². The maximum Gasteiger partial charge on any atom is 1.00 e. The summed E-state index contributed by atoms with van der Waals surface area (Å²) in [5.41, 5.74) is 19.7. The second kappa shape index (κ2) is 19.0. The van der Waals surface area contributed by atoms with Crippen molar-refractivity contribution in [2.75, 3.05) is 20.1 Å². The Morgan fingerprint density at radius 2 is 1.73 bits per heavy atom. The molecule has 1 fully saturated rings. The van der Waals surface area contributed by atoms with E-state index in [1.807, 2.05) is 42.5 Å². The fourth-order valence-electron chi connectivity index (χ4n) is 3.88. The van der Waals surface area contributed by atoms with Crippen LogP contribution < -0.4 is 52.2 Å². The minimum atomic E-state index is -0.341. The van der Waals surface area contributed by atoms with Crippen LogP contribution in [0.3, 0.4) is 0 Å². The molecule has 8 nitrogen and oxygen atoms in total. The van der Waals surface area contributed by atoms with Gasteiger partial charge in [0.05, 0.1) is 6.17 Å². The molecule has 4 rings (SSSR count). The Bertz CT molecular complexity index is 976. The fourth-order valence-corrected chi connectivity index (χ4v) is 3.88. The molecule has 194 valence electrons. The van der Waals surface area contributed by atoms with Crippen LogP contribution >= 0.6 is 0 Å². The van der Waals surface area contributed by atoms with Gasteiger partial charge in [-0.3, -0.25) is 4.90 Å². The predicted octanol–water partition coefficient (Wildman–Crippen LogP) is 1.00. The Morgan fingerprint density at radius 3 is 2.24 bits per heavy atom. The van der Waals surface area contributed by atoms with E-state index in [1.165, 1.54) is 24.9 Å². The molecule has 2 aromatic carbocycles. The molecule has 9 heteroatoms. The minimum absolute atomic E-state index is 0. The van der Waals surface area contributed by atoms with Crippen LogP contribution in [0.4, 0.5) is 0 Å². The van der Waals surface area contributed by atoms with E-state index in [9.17, 15) is 0 Å². The van der Waals surface area contributed by atoms with E-state index in [1.54, 1.807) is 0 Å². The monoisotopic (exact) mass is 512 g/mol. The molecule has 0 aliphatic carbocycles. The summed E-state index contributed by atoms with van der Waals surface area (Å²) in [7, 11) is 2.17. The van der Waals surface area contributed by atoms with Gasteiger partial charge in [0.2, 0.25) is 0 Å². The molecule has 0 saturated carbocycles. The van der Waals surface area contributed by atoms with E-state index in [-0.39, 0.29) is 35.7 Å². The molecule has 0 radical (unpaired) electrons. The van der Waals surface area contributed by atoms with Crippen LogP contribution in [0.25, 0.3) is 5.43 Å². The summed E-state index contributed by atoms with van der Waals surface area (Å²) in [5.74, 6) is 5.00. The Morgan fingerprint density at radius 1 is 1.11 bits per heavy atom. The van der Waals surface area contributed by atoms with E-state index >= 15 is 0 Å². The molecule has 1 unspecified atom stereocenters. The van der Waals surface area contributed by atoms with Gasteiger partial charge in [0.25, 0.3) is 0 Å². The number of nitrogens with zero attached hydrogens (tertiary/aromatic N) is 4. The van der Waals surface area contributed by atoms with Gasteiger partial charge in [-0.2, -0.15) is 10.2 Å². The summed E-state index contributed by atoms with van der Waals surface area (Å²) in [6, 6.07) is 20.6. The van der Waals surface area contributed by atoms with Crippen LogP contribution in [0, 0.1) is 0 Å². The van der Waals surface area contributed by atoms with E-state index < -0.39 is 0 Å². The van der Waals surface area contributed by atoms with E-state index in [0.717, 1.165) is 42.1 Å². The number of nitrogens with two attached hydrogens (primary N) is 3. The summed E-state index contributed by atoms with van der Waals surface area (Å²) in [6.07, 6.45) is 5.59. The third kappa shape index (κ3) is 12.8. The van der Waals surface area contributed by atoms with Gasteiger partial charge in [0.1, 0.15) is 0 Å². The second-order valence-electron chi connectivity index (χ2n) is 8.78. The maximum absolute atomic E-state index is 5.39. The van der Waals surface area contributed by atoms with Gasteiger partial charge in [0, 0.05) is 42.5 Å². The fraction of sp³-hybridized carbons (Fsp3) is 0.357. The van der Waals surface area contributed by atoms with Gasteiger partial charge in [0.15, 0.2) is 0 Å². The minimum Gasteiger partial charge on any atom is -0.595 e. The van der Waals surface area contributed by atoms with Crippen molar-refractivity contribution in [3.63, 3.8) is 0 Å². The molecular weight excluding hydrogens is 471 g/mol. The Balaban J connectivity index is 0.000000287. The molecule has 2 aliphatic heterocycles. The first-order chi connectivity index (χ1) is 17.4. The summed E-state index contributed by atoms with van der Waals surface area (Å²) >= 11 is 0. The molecule has 0 amide bonds. The van der Waals surface area contributed by atoms with Gasteiger partial charge < -0.3 is 28.1 Å². The number of allylic oxidation sites excluding steroid dienone is 1. The number of likely N-dealkylation sites (tertiary alicyclic amines) is 1. The first-order valence-electron chi connectivity index (χ1n) is 12.3. The summed E-state index contributed by atoms with van der Waals surface area (Å²) in [4.78, 5) is 2.38. The van der Waals surface area contributed by atoms with Crippen molar-refractivity contribution < 1.29 is 29.6 Å². The second-order valence-corrected chi connectivity index (χ2v) is 8.78. The van der Waals surface area contributed by atoms with E-state index in [4.69, 9.17) is 17.3 Å². The first kappa shape index (κ1) is 32.9. The van der Waals surface area contributed by atoms with Gasteiger partial charge in [-0.25, -0.2) is 0 Å². The van der Waals surface area contributed by atoms with Crippen molar-refractivity contribution in [2.24, 2.45) is 27.5 Å². The smallest absolute Gasteiger partial charge is 0.595 e. The average Bonchev–Trinajstić information content (AvgIpc) is 3.53. The number of hydrogen-bond acceptors (Lipinski definition) is 7. The number of benzene rings is 2. The predicted molar refractivity (Wildman–Crippen MR) is 152 cm³/mol. The zero-order chi connectivity index (χ0) is 26.2. The molecule has 0 spiro atoms. The van der Waals surface area contributed by atoms with Crippen molar-refractivity contribution in [2.45, 2.75) is 44.4 Å². The largest absolute Gasteiger partial charge is 1.00 e. The van der Waals surface area contributed by atoms with Crippen LogP contribution in [-0.2, 0) is 6.54 Å². The maximum atomic E-state index is 5.39. The zero-order valence-corrected chi connectivity index (χ0v) is 24.4. The van der Waals surface area contributed by atoms with Crippen molar-refractivity contribution in [3.05, 3.63) is 102 Å². The molecule has 2 aliphatic rings. The molecule has 2 heterocycles. The molecule has 1 atom stereocenters. The van der Waals surface area contributed by atoms with Gasteiger partial charge >= 0.3 is 29.6 Å². The summed E-state index contributed by atoms with van der Waals surface area (Å²) < 4.78 is 0. The Kier molecular flexibility index (Phi) is 16.9. The average molecular weight is 513 g/mol. The van der Waals surface area contributed by atoms with Crippen molar-refractivity contribution in [3.8, 4) is 0 Å². The standard InChI is InChI=1S/C14H20N2.C7H11N4.C7H10N2.Na/c1-12(14-9-6-10-16(14)2)15-11-13-7-4-3-5-8-13;1-2-3-6-4-7(5-9-8)11-10-6;8-7(9)6-4-2-1-3-5-6;/h3-5,7-8,14-15H,1,6,9-11H2,2H3;2H,1,3-5,8H2;1-5,7H,8-9H2;/q;-1;;+1. The molecule has 0 aromatic heterocycles.